The van der Waals surface area contributed by atoms with Crippen LogP contribution in [0.2, 0.25) is 0 Å². The lowest BCUT2D eigenvalue weighted by atomic mass is 9.91. The summed E-state index contributed by atoms with van der Waals surface area (Å²) in [7, 11) is 0. The fourth-order valence-corrected chi connectivity index (χ4v) is 2.86. The maximum atomic E-state index is 11.1. The second-order valence-corrected chi connectivity index (χ2v) is 5.92. The molecule has 1 aliphatic rings. The molecule has 0 bridgehead atoms. The minimum atomic E-state index is -0.761. The molecule has 1 aromatic rings. The van der Waals surface area contributed by atoms with Gasteiger partial charge in [-0.25, -0.2) is 0 Å². The van der Waals surface area contributed by atoms with Crippen LogP contribution in [-0.2, 0) is 4.79 Å². The van der Waals surface area contributed by atoms with E-state index in [9.17, 15) is 4.79 Å². The molecule has 0 saturated heterocycles. The molecule has 18 heavy (non-hydrogen) atoms. The van der Waals surface area contributed by atoms with E-state index in [0.717, 1.165) is 18.5 Å². The first-order valence-corrected chi connectivity index (χ1v) is 6.51. The summed E-state index contributed by atoms with van der Waals surface area (Å²) in [5, 5.41) is 9.09. The van der Waals surface area contributed by atoms with E-state index < -0.39 is 5.97 Å². The molecule has 1 unspecified atom stereocenters. The first kappa shape index (κ1) is 12.9. The van der Waals surface area contributed by atoms with Gasteiger partial charge < -0.3 is 10.0 Å². The van der Waals surface area contributed by atoms with Crippen LogP contribution in [0.5, 0.6) is 0 Å². The van der Waals surface area contributed by atoms with Crippen LogP contribution in [0.3, 0.4) is 0 Å². The van der Waals surface area contributed by atoms with Crippen LogP contribution in [-0.4, -0.2) is 23.7 Å². The van der Waals surface area contributed by atoms with Crippen LogP contribution in [0, 0.1) is 5.41 Å². The zero-order chi connectivity index (χ0) is 13.2. The second kappa shape index (κ2) is 5.01. The zero-order valence-electron chi connectivity index (χ0n) is 11.1. The highest BCUT2D eigenvalue weighted by Crippen LogP contribution is 2.40. The van der Waals surface area contributed by atoms with Gasteiger partial charge in [0, 0.05) is 11.7 Å². The van der Waals surface area contributed by atoms with E-state index in [4.69, 9.17) is 5.11 Å². The fourth-order valence-electron chi connectivity index (χ4n) is 2.86. The maximum Gasteiger partial charge on any atom is 0.323 e. The Morgan fingerprint density at radius 1 is 1.39 bits per heavy atom. The molecule has 3 nitrogen and oxygen atoms in total. The van der Waals surface area contributed by atoms with E-state index in [1.807, 2.05) is 35.2 Å². The van der Waals surface area contributed by atoms with E-state index in [0.29, 0.717) is 11.5 Å². The molecule has 2 rings (SSSR count). The SMILES string of the molecule is CC1(C)CCC(N(CC(=O)O)c2ccccc2)C1. The van der Waals surface area contributed by atoms with Crippen LogP contribution in [0.1, 0.15) is 33.1 Å². The molecule has 1 N–H and O–H groups in total. The Kier molecular flexibility index (Phi) is 3.60. The third-order valence-corrected chi connectivity index (χ3v) is 3.78. The van der Waals surface area contributed by atoms with Crippen molar-refractivity contribution in [2.24, 2.45) is 5.41 Å². The molecule has 0 amide bonds. The van der Waals surface area contributed by atoms with Crippen molar-refractivity contribution in [3.63, 3.8) is 0 Å². The first-order valence-electron chi connectivity index (χ1n) is 6.51. The minimum Gasteiger partial charge on any atom is -0.480 e. The molecule has 1 aromatic carbocycles. The number of benzene rings is 1. The van der Waals surface area contributed by atoms with E-state index in [1.54, 1.807) is 0 Å². The van der Waals surface area contributed by atoms with Crippen LogP contribution >= 0.6 is 0 Å². The number of anilines is 1. The third kappa shape index (κ3) is 3.03. The van der Waals surface area contributed by atoms with Crippen molar-refractivity contribution in [3.05, 3.63) is 30.3 Å². The van der Waals surface area contributed by atoms with Crippen molar-refractivity contribution >= 4 is 11.7 Å². The Labute approximate surface area is 108 Å². The first-order chi connectivity index (χ1) is 8.48. The maximum absolute atomic E-state index is 11.1. The monoisotopic (exact) mass is 247 g/mol. The summed E-state index contributed by atoms with van der Waals surface area (Å²) in [4.78, 5) is 13.1. The summed E-state index contributed by atoms with van der Waals surface area (Å²) in [5.41, 5.74) is 1.35. The largest absolute Gasteiger partial charge is 0.480 e. The number of aliphatic carboxylic acids is 1. The predicted molar refractivity (Wildman–Crippen MR) is 72.8 cm³/mol. The number of carboxylic acids is 1. The van der Waals surface area contributed by atoms with E-state index in [-0.39, 0.29) is 6.54 Å². The molecule has 0 spiro atoms. The topological polar surface area (TPSA) is 40.5 Å². The Morgan fingerprint density at radius 2 is 2.06 bits per heavy atom. The van der Waals surface area contributed by atoms with E-state index in [1.165, 1.54) is 6.42 Å². The molecule has 98 valence electrons. The summed E-state index contributed by atoms with van der Waals surface area (Å²) >= 11 is 0. The predicted octanol–water partition coefficient (Wildman–Crippen LogP) is 3.16. The quantitative estimate of drug-likeness (QED) is 0.888. The van der Waals surface area contributed by atoms with Gasteiger partial charge in [0.05, 0.1) is 0 Å². The third-order valence-electron chi connectivity index (χ3n) is 3.78. The zero-order valence-corrected chi connectivity index (χ0v) is 11.1. The normalized spacial score (nSPS) is 21.8. The lowest BCUT2D eigenvalue weighted by Crippen LogP contribution is -2.38. The number of rotatable bonds is 4. The molecule has 3 heteroatoms. The number of para-hydroxylation sites is 1. The highest BCUT2D eigenvalue weighted by molar-refractivity contribution is 5.74. The summed E-state index contributed by atoms with van der Waals surface area (Å²) in [6.07, 6.45) is 3.31. The highest BCUT2D eigenvalue weighted by atomic mass is 16.4. The van der Waals surface area contributed by atoms with Gasteiger partial charge in [0.25, 0.3) is 0 Å². The molecule has 1 fully saturated rings. The average Bonchev–Trinajstić information content (AvgIpc) is 2.67. The van der Waals surface area contributed by atoms with Gasteiger partial charge in [-0.15, -0.1) is 0 Å². The van der Waals surface area contributed by atoms with Gasteiger partial charge in [-0.1, -0.05) is 32.0 Å². The van der Waals surface area contributed by atoms with Crippen molar-refractivity contribution < 1.29 is 9.90 Å². The summed E-state index contributed by atoms with van der Waals surface area (Å²) < 4.78 is 0. The number of carboxylic acid groups (broad SMARTS) is 1. The lowest BCUT2D eigenvalue weighted by Gasteiger charge is -2.30. The van der Waals surface area contributed by atoms with E-state index in [2.05, 4.69) is 13.8 Å². The smallest absolute Gasteiger partial charge is 0.323 e. The number of carbonyl (C=O) groups is 1. The average molecular weight is 247 g/mol. The number of nitrogens with zero attached hydrogens (tertiary/aromatic N) is 1. The van der Waals surface area contributed by atoms with Crippen molar-refractivity contribution in [2.75, 3.05) is 11.4 Å². The molecule has 1 aliphatic carbocycles. The highest BCUT2D eigenvalue weighted by Gasteiger charge is 2.35. The van der Waals surface area contributed by atoms with Crippen molar-refractivity contribution in [3.8, 4) is 0 Å². The van der Waals surface area contributed by atoms with Crippen LogP contribution < -0.4 is 4.90 Å². The molecule has 0 heterocycles. The van der Waals surface area contributed by atoms with E-state index >= 15 is 0 Å². The van der Waals surface area contributed by atoms with Gasteiger partial charge in [-0.05, 0) is 36.8 Å². The fraction of sp³-hybridized carbons (Fsp3) is 0.533. The van der Waals surface area contributed by atoms with Gasteiger partial charge in [0.1, 0.15) is 6.54 Å². The molecule has 1 atom stereocenters. The summed E-state index contributed by atoms with van der Waals surface area (Å²) in [5.74, 6) is -0.761. The Morgan fingerprint density at radius 3 is 2.56 bits per heavy atom. The Bertz CT molecular complexity index is 414. The number of hydrogen-bond acceptors (Lipinski definition) is 2. The minimum absolute atomic E-state index is 0.0881. The van der Waals surface area contributed by atoms with Crippen molar-refractivity contribution in [1.82, 2.24) is 0 Å². The van der Waals surface area contributed by atoms with Gasteiger partial charge in [0.15, 0.2) is 0 Å². The standard InChI is InChI=1S/C15H21NO2/c1-15(2)9-8-13(10-15)16(11-14(17)18)12-6-4-3-5-7-12/h3-7,13H,8-11H2,1-2H3,(H,17,18). The second-order valence-electron chi connectivity index (χ2n) is 5.92. The lowest BCUT2D eigenvalue weighted by molar-refractivity contribution is -0.135. The van der Waals surface area contributed by atoms with Gasteiger partial charge in [-0.3, -0.25) is 4.79 Å². The molecule has 0 radical (unpaired) electrons. The van der Waals surface area contributed by atoms with Crippen LogP contribution in [0.15, 0.2) is 30.3 Å². The molecule has 0 aliphatic heterocycles. The molecular formula is C15H21NO2. The van der Waals surface area contributed by atoms with Gasteiger partial charge in [-0.2, -0.15) is 0 Å². The van der Waals surface area contributed by atoms with Crippen molar-refractivity contribution in [1.29, 1.82) is 0 Å². The van der Waals surface area contributed by atoms with Gasteiger partial charge in [0.2, 0.25) is 0 Å². The Hall–Kier alpha value is -1.51. The Balaban J connectivity index is 2.19. The van der Waals surface area contributed by atoms with Crippen LogP contribution in [0.25, 0.3) is 0 Å². The molecular weight excluding hydrogens is 226 g/mol. The van der Waals surface area contributed by atoms with Crippen molar-refractivity contribution in [2.45, 2.75) is 39.2 Å². The summed E-state index contributed by atoms with van der Waals surface area (Å²) in [6, 6.07) is 10.2. The van der Waals surface area contributed by atoms with Gasteiger partial charge >= 0.3 is 5.97 Å². The number of hydrogen-bond donors (Lipinski definition) is 1. The summed E-state index contributed by atoms with van der Waals surface area (Å²) in [6.45, 7) is 4.61. The molecule has 0 aromatic heterocycles. The van der Waals surface area contributed by atoms with Crippen LogP contribution in [0.4, 0.5) is 5.69 Å². The molecule has 1 saturated carbocycles.